The normalized spacial score (nSPS) is 9.60. The molecule has 1 aromatic carbocycles. The number of nitriles is 1. The van der Waals surface area contributed by atoms with Crippen molar-refractivity contribution in [3.8, 4) is 17.5 Å². The highest BCUT2D eigenvalue weighted by atomic mass is 16.5. The molecule has 0 aliphatic carbocycles. The van der Waals surface area contributed by atoms with E-state index >= 15 is 0 Å². The molecule has 0 radical (unpaired) electrons. The zero-order valence-corrected chi connectivity index (χ0v) is 8.08. The van der Waals surface area contributed by atoms with Crippen LogP contribution in [0.3, 0.4) is 0 Å². The monoisotopic (exact) mass is 200 g/mol. The summed E-state index contributed by atoms with van der Waals surface area (Å²) in [6.07, 6.45) is 3.09. The summed E-state index contributed by atoms with van der Waals surface area (Å²) in [6, 6.07) is 7.36. The van der Waals surface area contributed by atoms with Crippen LogP contribution in [0.25, 0.3) is 5.69 Å². The summed E-state index contributed by atoms with van der Waals surface area (Å²) < 4.78 is 6.72. The molecule has 1 aromatic heterocycles. The summed E-state index contributed by atoms with van der Waals surface area (Å²) in [7, 11) is 1.56. The second-order valence-electron chi connectivity index (χ2n) is 2.86. The standard InChI is InChI=1S/C10H8N4O/c1-15-9-2-3-10(8(4-9)5-11)14-6-12-13-7-14/h2-4,6-7H,1H3. The number of hydrogen-bond donors (Lipinski definition) is 0. The molecule has 1 heterocycles. The fourth-order valence-corrected chi connectivity index (χ4v) is 1.28. The van der Waals surface area contributed by atoms with Crippen molar-refractivity contribution in [3.05, 3.63) is 36.4 Å². The Kier molecular flexibility index (Phi) is 2.33. The quantitative estimate of drug-likeness (QED) is 0.729. The third-order valence-corrected chi connectivity index (χ3v) is 2.02. The van der Waals surface area contributed by atoms with Gasteiger partial charge in [0.05, 0.1) is 18.4 Å². The molecule has 0 aliphatic heterocycles. The molecular weight excluding hydrogens is 192 g/mol. The van der Waals surface area contributed by atoms with Crippen molar-refractivity contribution in [1.82, 2.24) is 14.8 Å². The summed E-state index contributed by atoms with van der Waals surface area (Å²) in [5.41, 5.74) is 1.26. The Bertz CT molecular complexity index is 499. The molecule has 0 saturated carbocycles. The van der Waals surface area contributed by atoms with E-state index in [-0.39, 0.29) is 0 Å². The van der Waals surface area contributed by atoms with Gasteiger partial charge in [-0.2, -0.15) is 5.26 Å². The second-order valence-corrected chi connectivity index (χ2v) is 2.86. The summed E-state index contributed by atoms with van der Waals surface area (Å²) >= 11 is 0. The first kappa shape index (κ1) is 9.21. The van der Waals surface area contributed by atoms with Crippen molar-refractivity contribution >= 4 is 0 Å². The van der Waals surface area contributed by atoms with E-state index in [0.29, 0.717) is 11.3 Å². The van der Waals surface area contributed by atoms with Gasteiger partial charge in [0.15, 0.2) is 0 Å². The molecule has 5 heteroatoms. The maximum absolute atomic E-state index is 8.98. The molecule has 74 valence electrons. The molecule has 0 N–H and O–H groups in total. The van der Waals surface area contributed by atoms with Crippen LogP contribution < -0.4 is 4.74 Å². The maximum atomic E-state index is 8.98. The van der Waals surface area contributed by atoms with Gasteiger partial charge in [-0.25, -0.2) is 0 Å². The lowest BCUT2D eigenvalue weighted by Gasteiger charge is -2.05. The van der Waals surface area contributed by atoms with E-state index in [1.807, 2.05) is 0 Å². The number of hydrogen-bond acceptors (Lipinski definition) is 4. The van der Waals surface area contributed by atoms with Gasteiger partial charge in [0, 0.05) is 6.07 Å². The summed E-state index contributed by atoms with van der Waals surface area (Å²) in [6.45, 7) is 0. The van der Waals surface area contributed by atoms with Crippen LogP contribution in [-0.2, 0) is 0 Å². The molecule has 0 spiro atoms. The Hall–Kier alpha value is -2.35. The fourth-order valence-electron chi connectivity index (χ4n) is 1.28. The van der Waals surface area contributed by atoms with Gasteiger partial charge in [0.2, 0.25) is 0 Å². The zero-order chi connectivity index (χ0) is 10.7. The third kappa shape index (κ3) is 1.65. The first-order valence-electron chi connectivity index (χ1n) is 4.28. The van der Waals surface area contributed by atoms with Crippen LogP contribution in [0.2, 0.25) is 0 Å². The Morgan fingerprint density at radius 2 is 2.07 bits per heavy atom. The van der Waals surface area contributed by atoms with Crippen LogP contribution in [0.1, 0.15) is 5.56 Å². The van der Waals surface area contributed by atoms with Gasteiger partial charge in [-0.05, 0) is 12.1 Å². The highest BCUT2D eigenvalue weighted by Gasteiger charge is 2.05. The van der Waals surface area contributed by atoms with E-state index in [1.54, 1.807) is 42.5 Å². The van der Waals surface area contributed by atoms with Gasteiger partial charge in [0.1, 0.15) is 24.5 Å². The van der Waals surface area contributed by atoms with E-state index < -0.39 is 0 Å². The Morgan fingerprint density at radius 1 is 1.33 bits per heavy atom. The number of nitrogens with zero attached hydrogens (tertiary/aromatic N) is 4. The van der Waals surface area contributed by atoms with E-state index in [2.05, 4.69) is 16.3 Å². The lowest BCUT2D eigenvalue weighted by Crippen LogP contribution is -1.95. The van der Waals surface area contributed by atoms with E-state index in [9.17, 15) is 0 Å². The van der Waals surface area contributed by atoms with Gasteiger partial charge in [0.25, 0.3) is 0 Å². The molecule has 0 fully saturated rings. The van der Waals surface area contributed by atoms with Gasteiger partial charge in [-0.15, -0.1) is 10.2 Å². The predicted molar refractivity (Wildman–Crippen MR) is 52.6 cm³/mol. The van der Waals surface area contributed by atoms with Crippen molar-refractivity contribution in [2.75, 3.05) is 7.11 Å². The van der Waals surface area contributed by atoms with Crippen LogP contribution in [0.5, 0.6) is 5.75 Å². The minimum absolute atomic E-state index is 0.522. The summed E-state index contributed by atoms with van der Waals surface area (Å²) in [4.78, 5) is 0. The van der Waals surface area contributed by atoms with Crippen LogP contribution in [0.4, 0.5) is 0 Å². The van der Waals surface area contributed by atoms with Gasteiger partial charge < -0.3 is 4.74 Å². The Morgan fingerprint density at radius 3 is 2.67 bits per heavy atom. The first-order chi connectivity index (χ1) is 7.35. The molecule has 0 bridgehead atoms. The van der Waals surface area contributed by atoms with Crippen molar-refractivity contribution in [3.63, 3.8) is 0 Å². The topological polar surface area (TPSA) is 63.7 Å². The highest BCUT2D eigenvalue weighted by Crippen LogP contribution is 2.19. The molecule has 0 aliphatic rings. The van der Waals surface area contributed by atoms with Crippen molar-refractivity contribution < 1.29 is 4.74 Å². The largest absolute Gasteiger partial charge is 0.497 e. The minimum atomic E-state index is 0.522. The molecule has 0 saturated heterocycles. The van der Waals surface area contributed by atoms with E-state index in [0.717, 1.165) is 5.69 Å². The number of ether oxygens (including phenoxy) is 1. The highest BCUT2D eigenvalue weighted by molar-refractivity contribution is 5.52. The fraction of sp³-hybridized carbons (Fsp3) is 0.100. The smallest absolute Gasteiger partial charge is 0.123 e. The molecule has 15 heavy (non-hydrogen) atoms. The molecule has 5 nitrogen and oxygen atoms in total. The average Bonchev–Trinajstić information content (AvgIpc) is 2.81. The second kappa shape index (κ2) is 3.80. The third-order valence-electron chi connectivity index (χ3n) is 2.02. The van der Waals surface area contributed by atoms with Crippen molar-refractivity contribution in [2.45, 2.75) is 0 Å². The Balaban J connectivity index is 2.54. The van der Waals surface area contributed by atoms with Gasteiger partial charge >= 0.3 is 0 Å². The van der Waals surface area contributed by atoms with Crippen LogP contribution >= 0.6 is 0 Å². The molecule has 2 aromatic rings. The maximum Gasteiger partial charge on any atom is 0.123 e. The molecule has 0 amide bonds. The van der Waals surface area contributed by atoms with Gasteiger partial charge in [-0.3, -0.25) is 4.57 Å². The molecule has 0 unspecified atom stereocenters. The van der Waals surface area contributed by atoms with Gasteiger partial charge in [-0.1, -0.05) is 0 Å². The van der Waals surface area contributed by atoms with E-state index in [1.165, 1.54) is 0 Å². The first-order valence-corrected chi connectivity index (χ1v) is 4.28. The SMILES string of the molecule is COc1ccc(-n2cnnc2)c(C#N)c1. The van der Waals surface area contributed by atoms with Crippen molar-refractivity contribution in [1.29, 1.82) is 5.26 Å². The molecule has 0 atom stereocenters. The van der Waals surface area contributed by atoms with E-state index in [4.69, 9.17) is 10.00 Å². The lowest BCUT2D eigenvalue weighted by atomic mass is 10.2. The minimum Gasteiger partial charge on any atom is -0.497 e. The van der Waals surface area contributed by atoms with Crippen LogP contribution in [-0.4, -0.2) is 21.9 Å². The number of rotatable bonds is 2. The predicted octanol–water partition coefficient (Wildman–Crippen LogP) is 1.15. The number of aromatic nitrogens is 3. The van der Waals surface area contributed by atoms with Crippen molar-refractivity contribution in [2.24, 2.45) is 0 Å². The van der Waals surface area contributed by atoms with Crippen LogP contribution in [0.15, 0.2) is 30.9 Å². The lowest BCUT2D eigenvalue weighted by molar-refractivity contribution is 0.414. The number of methoxy groups -OCH3 is 1. The molecular formula is C10H8N4O. The summed E-state index contributed by atoms with van der Waals surface area (Å²) in [5, 5.41) is 16.4. The Labute approximate surface area is 86.6 Å². The number of benzene rings is 1. The summed E-state index contributed by atoms with van der Waals surface area (Å²) in [5.74, 6) is 0.656. The zero-order valence-electron chi connectivity index (χ0n) is 8.08. The average molecular weight is 200 g/mol. The van der Waals surface area contributed by atoms with Crippen LogP contribution in [0, 0.1) is 11.3 Å². The molecule has 2 rings (SSSR count).